The van der Waals surface area contributed by atoms with Crippen molar-refractivity contribution >= 4 is 11.6 Å². The number of hydrogen-bond acceptors (Lipinski definition) is 4. The van der Waals surface area contributed by atoms with Crippen LogP contribution in [0.25, 0.3) is 11.3 Å². The molecule has 106 valence electrons. The van der Waals surface area contributed by atoms with Gasteiger partial charge in [-0.3, -0.25) is 4.90 Å². The van der Waals surface area contributed by atoms with Crippen LogP contribution in [0.4, 0.5) is 0 Å². The number of aromatic nitrogens is 1. The van der Waals surface area contributed by atoms with Gasteiger partial charge in [0.25, 0.3) is 0 Å². The Morgan fingerprint density at radius 1 is 1.35 bits per heavy atom. The third kappa shape index (κ3) is 2.87. The maximum Gasteiger partial charge on any atom is 0.209 e. The number of halogens is 1. The largest absolute Gasteiger partial charge is 0.439 e. The summed E-state index contributed by atoms with van der Waals surface area (Å²) in [7, 11) is 0. The lowest BCUT2D eigenvalue weighted by Crippen LogP contribution is -2.56. The Kier molecular flexibility index (Phi) is 4.05. The van der Waals surface area contributed by atoms with E-state index in [2.05, 4.69) is 22.1 Å². The maximum absolute atomic E-state index is 5.89. The molecule has 0 radical (unpaired) electrons. The lowest BCUT2D eigenvalue weighted by molar-refractivity contribution is 0.133. The highest BCUT2D eigenvalue weighted by atomic mass is 35.5. The first-order valence-corrected chi connectivity index (χ1v) is 7.29. The Hall–Kier alpha value is -1.36. The van der Waals surface area contributed by atoms with E-state index in [0.717, 1.165) is 48.4 Å². The Balaban J connectivity index is 1.71. The molecule has 1 saturated heterocycles. The van der Waals surface area contributed by atoms with Crippen molar-refractivity contribution in [1.29, 1.82) is 0 Å². The van der Waals surface area contributed by atoms with Gasteiger partial charge in [0.1, 0.15) is 0 Å². The minimum absolute atomic E-state index is 0.603. The van der Waals surface area contributed by atoms with E-state index in [-0.39, 0.29) is 0 Å². The molecule has 1 aromatic carbocycles. The summed E-state index contributed by atoms with van der Waals surface area (Å²) in [5.74, 6) is 1.56. The molecule has 0 spiro atoms. The first kappa shape index (κ1) is 13.6. The predicted molar refractivity (Wildman–Crippen MR) is 79.7 cm³/mol. The van der Waals surface area contributed by atoms with Gasteiger partial charge in [0, 0.05) is 29.7 Å². The first-order chi connectivity index (χ1) is 9.76. The fourth-order valence-corrected chi connectivity index (χ4v) is 2.46. The molecule has 0 amide bonds. The number of nitrogens with zero attached hydrogens (tertiary/aromatic N) is 2. The van der Waals surface area contributed by atoms with Gasteiger partial charge >= 0.3 is 0 Å². The molecule has 0 saturated carbocycles. The molecule has 5 heteroatoms. The van der Waals surface area contributed by atoms with Crippen LogP contribution in [0, 0.1) is 0 Å². The summed E-state index contributed by atoms with van der Waals surface area (Å²) in [4.78, 5) is 6.76. The molecule has 0 bridgehead atoms. The van der Waals surface area contributed by atoms with Crippen molar-refractivity contribution in [3.63, 3.8) is 0 Å². The summed E-state index contributed by atoms with van der Waals surface area (Å²) in [5, 5.41) is 4.02. The molecular weight excluding hydrogens is 274 g/mol. The number of benzene rings is 1. The molecule has 0 unspecified atom stereocenters. The van der Waals surface area contributed by atoms with Crippen LogP contribution >= 0.6 is 11.6 Å². The number of rotatable bonds is 5. The van der Waals surface area contributed by atoms with E-state index in [4.69, 9.17) is 16.0 Å². The zero-order valence-corrected chi connectivity index (χ0v) is 12.2. The normalized spacial score (nSPS) is 15.6. The van der Waals surface area contributed by atoms with Crippen LogP contribution < -0.4 is 5.32 Å². The number of likely N-dealkylation sites (N-methyl/N-ethyl adjacent to an activating group) is 1. The van der Waals surface area contributed by atoms with Gasteiger partial charge in [0.15, 0.2) is 5.76 Å². The third-order valence-electron chi connectivity index (χ3n) is 3.70. The lowest BCUT2D eigenvalue weighted by atomic mass is 10.1. The van der Waals surface area contributed by atoms with E-state index >= 15 is 0 Å². The second kappa shape index (κ2) is 5.95. The van der Waals surface area contributed by atoms with E-state index < -0.39 is 0 Å². The van der Waals surface area contributed by atoms with Crippen molar-refractivity contribution in [2.24, 2.45) is 0 Å². The molecule has 4 nitrogen and oxygen atoms in total. The summed E-state index contributed by atoms with van der Waals surface area (Å²) < 4.78 is 5.84. The molecule has 0 atom stereocenters. The quantitative estimate of drug-likeness (QED) is 0.920. The molecule has 20 heavy (non-hydrogen) atoms. The summed E-state index contributed by atoms with van der Waals surface area (Å²) >= 11 is 5.89. The Morgan fingerprint density at radius 3 is 2.70 bits per heavy atom. The number of hydrogen-bond donors (Lipinski definition) is 1. The van der Waals surface area contributed by atoms with E-state index in [0.29, 0.717) is 6.04 Å². The molecule has 0 aliphatic carbocycles. The fraction of sp³-hybridized carbons (Fsp3) is 0.400. The first-order valence-electron chi connectivity index (χ1n) is 6.91. The van der Waals surface area contributed by atoms with Gasteiger partial charge in [-0.2, -0.15) is 0 Å². The van der Waals surface area contributed by atoms with E-state index in [1.807, 2.05) is 24.3 Å². The van der Waals surface area contributed by atoms with Crippen molar-refractivity contribution < 1.29 is 4.42 Å². The van der Waals surface area contributed by atoms with Crippen LogP contribution in [0.3, 0.4) is 0 Å². The van der Waals surface area contributed by atoms with E-state index in [1.54, 1.807) is 6.20 Å². The fourth-order valence-electron chi connectivity index (χ4n) is 2.34. The minimum Gasteiger partial charge on any atom is -0.439 e. The Bertz CT molecular complexity index is 563. The monoisotopic (exact) mass is 291 g/mol. The standard InChI is InChI=1S/C15H18ClN3O/c1-2-19(13-7-17-8-13)10-15-18-9-14(20-15)11-3-5-12(16)6-4-11/h3-6,9,13,17H,2,7-8,10H2,1H3. The molecular formula is C15H18ClN3O. The minimum atomic E-state index is 0.603. The molecule has 3 rings (SSSR count). The van der Waals surface area contributed by atoms with Crippen LogP contribution in [-0.4, -0.2) is 35.6 Å². The van der Waals surface area contributed by atoms with Gasteiger partial charge in [0.05, 0.1) is 12.7 Å². The summed E-state index contributed by atoms with van der Waals surface area (Å²) in [5.41, 5.74) is 1.00. The van der Waals surface area contributed by atoms with Gasteiger partial charge in [-0.05, 0) is 30.8 Å². The number of oxazole rings is 1. The molecule has 2 aromatic rings. The zero-order chi connectivity index (χ0) is 13.9. The van der Waals surface area contributed by atoms with Gasteiger partial charge in [-0.15, -0.1) is 0 Å². The van der Waals surface area contributed by atoms with Crippen molar-refractivity contribution in [3.8, 4) is 11.3 Å². The van der Waals surface area contributed by atoms with Crippen molar-refractivity contribution in [3.05, 3.63) is 41.4 Å². The van der Waals surface area contributed by atoms with Crippen molar-refractivity contribution in [2.45, 2.75) is 19.5 Å². The average Bonchev–Trinajstić information content (AvgIpc) is 2.85. The molecule has 1 fully saturated rings. The summed E-state index contributed by atoms with van der Waals surface area (Å²) in [6, 6.07) is 8.21. The second-order valence-electron chi connectivity index (χ2n) is 5.00. The van der Waals surface area contributed by atoms with Crippen LogP contribution in [0.1, 0.15) is 12.8 Å². The highest BCUT2D eigenvalue weighted by Gasteiger charge is 2.24. The average molecular weight is 292 g/mol. The van der Waals surface area contributed by atoms with Crippen LogP contribution in [-0.2, 0) is 6.54 Å². The lowest BCUT2D eigenvalue weighted by Gasteiger charge is -2.36. The van der Waals surface area contributed by atoms with E-state index in [9.17, 15) is 0 Å². The molecule has 1 aromatic heterocycles. The van der Waals surface area contributed by atoms with Crippen molar-refractivity contribution in [1.82, 2.24) is 15.2 Å². The molecule has 1 aliphatic rings. The molecule has 1 N–H and O–H groups in total. The number of nitrogens with one attached hydrogen (secondary N) is 1. The second-order valence-corrected chi connectivity index (χ2v) is 5.44. The van der Waals surface area contributed by atoms with Gasteiger partial charge in [0.2, 0.25) is 5.89 Å². The summed E-state index contributed by atoms with van der Waals surface area (Å²) in [6.07, 6.45) is 1.78. The van der Waals surface area contributed by atoms with Crippen LogP contribution in [0.2, 0.25) is 5.02 Å². The highest BCUT2D eigenvalue weighted by Crippen LogP contribution is 2.23. The predicted octanol–water partition coefficient (Wildman–Crippen LogP) is 2.79. The maximum atomic E-state index is 5.89. The van der Waals surface area contributed by atoms with Crippen LogP contribution in [0.15, 0.2) is 34.9 Å². The smallest absolute Gasteiger partial charge is 0.209 e. The van der Waals surface area contributed by atoms with Crippen molar-refractivity contribution in [2.75, 3.05) is 19.6 Å². The zero-order valence-electron chi connectivity index (χ0n) is 11.5. The van der Waals surface area contributed by atoms with E-state index in [1.165, 1.54) is 0 Å². The van der Waals surface area contributed by atoms with Gasteiger partial charge in [-0.1, -0.05) is 18.5 Å². The SMILES string of the molecule is CCN(Cc1ncc(-c2ccc(Cl)cc2)o1)C1CNC1. The van der Waals surface area contributed by atoms with Gasteiger partial charge in [-0.25, -0.2) is 4.98 Å². The highest BCUT2D eigenvalue weighted by molar-refractivity contribution is 6.30. The molecule has 1 aliphatic heterocycles. The Labute approximate surface area is 123 Å². The molecule has 2 heterocycles. The third-order valence-corrected chi connectivity index (χ3v) is 3.96. The topological polar surface area (TPSA) is 41.3 Å². The summed E-state index contributed by atoms with van der Waals surface area (Å²) in [6.45, 7) is 6.04. The van der Waals surface area contributed by atoms with Gasteiger partial charge < -0.3 is 9.73 Å². The van der Waals surface area contributed by atoms with Crippen LogP contribution in [0.5, 0.6) is 0 Å². The Morgan fingerprint density at radius 2 is 2.10 bits per heavy atom.